The second kappa shape index (κ2) is 5.52. The Kier molecular flexibility index (Phi) is 4.61. The molecule has 1 fully saturated rings. The van der Waals surface area contributed by atoms with E-state index in [0.717, 1.165) is 5.76 Å². The van der Waals surface area contributed by atoms with Crippen molar-refractivity contribution in [3.63, 3.8) is 0 Å². The lowest BCUT2D eigenvalue weighted by Gasteiger charge is -2.39. The fraction of sp³-hybridized carbons (Fsp3) is 0.833. The zero-order valence-corrected chi connectivity index (χ0v) is 10.2. The minimum atomic E-state index is 0.110. The molecule has 1 aliphatic rings. The van der Waals surface area contributed by atoms with Crippen LogP contribution in [0.5, 0.6) is 0 Å². The Morgan fingerprint density at radius 2 is 1.93 bits per heavy atom. The van der Waals surface area contributed by atoms with E-state index in [-0.39, 0.29) is 6.10 Å². The van der Waals surface area contributed by atoms with E-state index in [9.17, 15) is 0 Å². The molecule has 0 saturated carbocycles. The number of rotatable bonds is 4. The summed E-state index contributed by atoms with van der Waals surface area (Å²) < 4.78 is 15.9. The van der Waals surface area contributed by atoms with Crippen LogP contribution in [0.1, 0.15) is 20.8 Å². The first-order valence-corrected chi connectivity index (χ1v) is 5.50. The molecule has 2 unspecified atom stereocenters. The SMILES string of the molecule is C=C1OC(COCOC)[C@@H](C)[C@H](C)C1C. The molecule has 0 aromatic carbocycles. The van der Waals surface area contributed by atoms with Crippen molar-refractivity contribution in [2.75, 3.05) is 20.5 Å². The molecule has 0 bridgehead atoms. The normalized spacial score (nSPS) is 36.4. The lowest BCUT2D eigenvalue weighted by atomic mass is 9.79. The number of allylic oxidation sites excluding steroid dienone is 1. The summed E-state index contributed by atoms with van der Waals surface area (Å²) in [7, 11) is 1.62. The first-order valence-electron chi connectivity index (χ1n) is 5.50. The van der Waals surface area contributed by atoms with Crippen LogP contribution in [0, 0.1) is 17.8 Å². The van der Waals surface area contributed by atoms with Gasteiger partial charge in [0.25, 0.3) is 0 Å². The Labute approximate surface area is 92.4 Å². The minimum absolute atomic E-state index is 0.110. The molecule has 0 N–H and O–H groups in total. The number of ether oxygens (including phenoxy) is 3. The molecule has 0 radical (unpaired) electrons. The fourth-order valence-corrected chi connectivity index (χ4v) is 1.93. The summed E-state index contributed by atoms with van der Waals surface area (Å²) >= 11 is 0. The van der Waals surface area contributed by atoms with Crippen molar-refractivity contribution < 1.29 is 14.2 Å². The third kappa shape index (κ3) is 2.95. The van der Waals surface area contributed by atoms with E-state index in [1.165, 1.54) is 0 Å². The van der Waals surface area contributed by atoms with Crippen LogP contribution in [0.25, 0.3) is 0 Å². The number of hydrogen-bond donors (Lipinski definition) is 0. The highest BCUT2D eigenvalue weighted by molar-refractivity contribution is 4.99. The predicted molar refractivity (Wildman–Crippen MR) is 59.3 cm³/mol. The summed E-state index contributed by atoms with van der Waals surface area (Å²) in [5, 5.41) is 0. The Hall–Kier alpha value is -0.540. The van der Waals surface area contributed by atoms with Crippen molar-refractivity contribution >= 4 is 0 Å². The summed E-state index contributed by atoms with van der Waals surface area (Å²) in [5.74, 6) is 2.38. The molecule has 1 saturated heterocycles. The topological polar surface area (TPSA) is 27.7 Å². The van der Waals surface area contributed by atoms with Crippen molar-refractivity contribution in [1.82, 2.24) is 0 Å². The third-order valence-corrected chi connectivity index (χ3v) is 3.50. The fourth-order valence-electron chi connectivity index (χ4n) is 1.93. The molecule has 15 heavy (non-hydrogen) atoms. The smallest absolute Gasteiger partial charge is 0.146 e. The predicted octanol–water partition coefficient (Wildman–Crippen LogP) is 2.43. The number of methoxy groups -OCH3 is 1. The zero-order chi connectivity index (χ0) is 11.4. The van der Waals surface area contributed by atoms with Crippen molar-refractivity contribution in [2.45, 2.75) is 26.9 Å². The average molecular weight is 214 g/mol. The second-order valence-electron chi connectivity index (χ2n) is 4.41. The van der Waals surface area contributed by atoms with Crippen molar-refractivity contribution in [3.05, 3.63) is 12.3 Å². The lowest BCUT2D eigenvalue weighted by molar-refractivity contribution is -0.106. The molecule has 1 aliphatic heterocycles. The molecule has 3 heteroatoms. The van der Waals surface area contributed by atoms with Gasteiger partial charge in [0.15, 0.2) is 0 Å². The summed E-state index contributed by atoms with van der Waals surface area (Å²) in [6.45, 7) is 11.5. The van der Waals surface area contributed by atoms with E-state index in [1.807, 2.05) is 0 Å². The van der Waals surface area contributed by atoms with Gasteiger partial charge in [0.2, 0.25) is 0 Å². The summed E-state index contributed by atoms with van der Waals surface area (Å²) in [6, 6.07) is 0. The molecule has 3 nitrogen and oxygen atoms in total. The summed E-state index contributed by atoms with van der Waals surface area (Å²) in [4.78, 5) is 0. The van der Waals surface area contributed by atoms with Gasteiger partial charge in [0.05, 0.1) is 12.4 Å². The van der Waals surface area contributed by atoms with Gasteiger partial charge in [0, 0.05) is 13.0 Å². The van der Waals surface area contributed by atoms with Gasteiger partial charge in [-0.15, -0.1) is 0 Å². The Balaban J connectivity index is 2.47. The van der Waals surface area contributed by atoms with Crippen LogP contribution in [0.4, 0.5) is 0 Å². The monoisotopic (exact) mass is 214 g/mol. The molecule has 4 atom stereocenters. The highest BCUT2D eigenvalue weighted by Gasteiger charge is 2.35. The van der Waals surface area contributed by atoms with Gasteiger partial charge in [-0.2, -0.15) is 0 Å². The maximum absolute atomic E-state index is 5.75. The van der Waals surface area contributed by atoms with Crippen molar-refractivity contribution in [2.24, 2.45) is 17.8 Å². The molecule has 0 spiro atoms. The molecule has 88 valence electrons. The first-order chi connectivity index (χ1) is 7.07. The van der Waals surface area contributed by atoms with Gasteiger partial charge < -0.3 is 14.2 Å². The van der Waals surface area contributed by atoms with Crippen LogP contribution < -0.4 is 0 Å². The molecule has 0 aliphatic carbocycles. The van der Waals surface area contributed by atoms with Crippen molar-refractivity contribution in [1.29, 1.82) is 0 Å². The van der Waals surface area contributed by atoms with Crippen LogP contribution in [-0.4, -0.2) is 26.6 Å². The number of hydrogen-bond acceptors (Lipinski definition) is 3. The molecule has 0 aromatic heterocycles. The highest BCUT2D eigenvalue weighted by atomic mass is 16.7. The Morgan fingerprint density at radius 1 is 1.27 bits per heavy atom. The second-order valence-corrected chi connectivity index (χ2v) is 4.41. The van der Waals surface area contributed by atoms with Crippen LogP contribution in [-0.2, 0) is 14.2 Å². The van der Waals surface area contributed by atoms with Crippen molar-refractivity contribution in [3.8, 4) is 0 Å². The first kappa shape index (κ1) is 12.5. The Bertz CT molecular complexity index is 215. The molecule has 1 heterocycles. The van der Waals surface area contributed by atoms with E-state index in [4.69, 9.17) is 14.2 Å². The van der Waals surface area contributed by atoms with Gasteiger partial charge >= 0.3 is 0 Å². The van der Waals surface area contributed by atoms with E-state index in [0.29, 0.717) is 31.2 Å². The lowest BCUT2D eigenvalue weighted by Crippen LogP contribution is -2.39. The van der Waals surface area contributed by atoms with Crippen LogP contribution in [0.2, 0.25) is 0 Å². The maximum Gasteiger partial charge on any atom is 0.146 e. The standard InChI is InChI=1S/C12H22O3/c1-8-9(2)11(4)15-12(10(8)3)6-14-7-13-5/h8-10,12H,4,6-7H2,1-3,5H3/t8-,9?,10+,12?/m1/s1. The van der Waals surface area contributed by atoms with E-state index in [2.05, 4.69) is 27.4 Å². The van der Waals surface area contributed by atoms with E-state index in [1.54, 1.807) is 7.11 Å². The molecular formula is C12H22O3. The highest BCUT2D eigenvalue weighted by Crippen LogP contribution is 2.36. The zero-order valence-electron chi connectivity index (χ0n) is 10.2. The van der Waals surface area contributed by atoms with Gasteiger partial charge in [-0.25, -0.2) is 0 Å². The van der Waals surface area contributed by atoms with Crippen LogP contribution in [0.15, 0.2) is 12.3 Å². The Morgan fingerprint density at radius 3 is 2.53 bits per heavy atom. The average Bonchev–Trinajstić information content (AvgIpc) is 2.23. The minimum Gasteiger partial charge on any atom is -0.492 e. The van der Waals surface area contributed by atoms with E-state index >= 15 is 0 Å². The molecular weight excluding hydrogens is 192 g/mol. The molecule has 1 rings (SSSR count). The summed E-state index contributed by atoms with van der Waals surface area (Å²) in [5.41, 5.74) is 0. The van der Waals surface area contributed by atoms with Gasteiger partial charge in [-0.05, 0) is 11.8 Å². The van der Waals surface area contributed by atoms with Gasteiger partial charge in [0.1, 0.15) is 12.9 Å². The van der Waals surface area contributed by atoms with Crippen LogP contribution >= 0.6 is 0 Å². The van der Waals surface area contributed by atoms with Gasteiger partial charge in [-0.1, -0.05) is 27.4 Å². The molecule has 0 amide bonds. The van der Waals surface area contributed by atoms with Crippen LogP contribution in [0.3, 0.4) is 0 Å². The largest absolute Gasteiger partial charge is 0.492 e. The maximum atomic E-state index is 5.75. The quantitative estimate of drug-likeness (QED) is 0.531. The molecule has 0 aromatic rings. The third-order valence-electron chi connectivity index (χ3n) is 3.50. The summed E-state index contributed by atoms with van der Waals surface area (Å²) in [6.07, 6.45) is 0.110. The van der Waals surface area contributed by atoms with Gasteiger partial charge in [-0.3, -0.25) is 0 Å². The van der Waals surface area contributed by atoms with E-state index < -0.39 is 0 Å².